The molecule has 1 amide bonds. The van der Waals surface area contributed by atoms with Crippen LogP contribution in [-0.4, -0.2) is 40.1 Å². The van der Waals surface area contributed by atoms with Gasteiger partial charge in [-0.2, -0.15) is 5.10 Å². The average molecular weight is 437 g/mol. The number of carbonyl (C=O) groups is 1. The summed E-state index contributed by atoms with van der Waals surface area (Å²) in [6.45, 7) is 5.53. The molecular formula is C25H29ClN4O. The minimum Gasteiger partial charge on any atom is -0.341 e. The fraction of sp³-hybridized carbons (Fsp3) is 0.400. The molecule has 4 rings (SSSR count). The Balaban J connectivity index is 1.57. The van der Waals surface area contributed by atoms with Crippen LogP contribution in [0.2, 0.25) is 5.02 Å². The summed E-state index contributed by atoms with van der Waals surface area (Å²) in [4.78, 5) is 14.7. The van der Waals surface area contributed by atoms with E-state index >= 15 is 0 Å². The maximum atomic E-state index is 12.7. The van der Waals surface area contributed by atoms with E-state index in [-0.39, 0.29) is 17.7 Å². The summed E-state index contributed by atoms with van der Waals surface area (Å²) in [5.41, 5.74) is 9.06. The zero-order valence-corrected chi connectivity index (χ0v) is 18.8. The molecule has 2 N–H and O–H groups in total. The molecule has 0 radical (unpaired) electrons. The lowest BCUT2D eigenvalue weighted by Gasteiger charge is -2.34. The molecule has 162 valence electrons. The van der Waals surface area contributed by atoms with Gasteiger partial charge in [0.05, 0.1) is 11.7 Å². The van der Waals surface area contributed by atoms with Gasteiger partial charge in [0.2, 0.25) is 5.91 Å². The van der Waals surface area contributed by atoms with Crippen molar-refractivity contribution in [3.8, 4) is 11.3 Å². The molecule has 1 fully saturated rings. The first-order chi connectivity index (χ1) is 15.0. The van der Waals surface area contributed by atoms with Gasteiger partial charge in [-0.3, -0.25) is 4.79 Å². The number of aromatic nitrogens is 2. The van der Waals surface area contributed by atoms with E-state index in [9.17, 15) is 4.79 Å². The highest BCUT2D eigenvalue weighted by molar-refractivity contribution is 6.30. The maximum Gasteiger partial charge on any atom is 0.239 e. The van der Waals surface area contributed by atoms with Crippen molar-refractivity contribution in [1.29, 1.82) is 0 Å². The average Bonchev–Trinajstić information content (AvgIpc) is 2.82. The van der Waals surface area contributed by atoms with Crippen LogP contribution in [0.5, 0.6) is 0 Å². The van der Waals surface area contributed by atoms with E-state index in [1.165, 1.54) is 0 Å². The Hall–Kier alpha value is -2.50. The highest BCUT2D eigenvalue weighted by atomic mass is 35.5. The number of hydrogen-bond acceptors (Lipinski definition) is 4. The van der Waals surface area contributed by atoms with Crippen LogP contribution in [0.15, 0.2) is 48.5 Å². The molecule has 3 aromatic rings. The number of likely N-dealkylation sites (tertiary alicyclic amines) is 1. The number of halogens is 1. The second-order valence-electron chi connectivity index (χ2n) is 8.50. The van der Waals surface area contributed by atoms with Crippen LogP contribution in [0.3, 0.4) is 0 Å². The van der Waals surface area contributed by atoms with Gasteiger partial charge in [0.25, 0.3) is 0 Å². The third-order valence-corrected chi connectivity index (χ3v) is 6.82. The van der Waals surface area contributed by atoms with E-state index in [1.807, 2.05) is 48.2 Å². The largest absolute Gasteiger partial charge is 0.341 e. The zero-order valence-electron chi connectivity index (χ0n) is 18.1. The van der Waals surface area contributed by atoms with E-state index in [4.69, 9.17) is 17.3 Å². The first-order valence-corrected chi connectivity index (χ1v) is 11.4. The fourth-order valence-corrected chi connectivity index (χ4v) is 4.45. The molecule has 1 aromatic heterocycles. The quantitative estimate of drug-likeness (QED) is 0.608. The Morgan fingerprint density at radius 1 is 1.10 bits per heavy atom. The first-order valence-electron chi connectivity index (χ1n) is 11.0. The van der Waals surface area contributed by atoms with Gasteiger partial charge >= 0.3 is 0 Å². The topological polar surface area (TPSA) is 72.1 Å². The van der Waals surface area contributed by atoms with E-state index in [0.717, 1.165) is 47.0 Å². The number of nitrogens with two attached hydrogens (primary N) is 1. The number of rotatable bonds is 5. The molecule has 1 saturated heterocycles. The third kappa shape index (κ3) is 4.43. The SMILES string of the molecule is CC[C@H](C)[C@H](N)C(=O)N1CCC(c2nnc(-c3ccc(Cl)cc3)c3ccccc23)CC1. The van der Waals surface area contributed by atoms with Crippen LogP contribution in [0.25, 0.3) is 22.0 Å². The van der Waals surface area contributed by atoms with Gasteiger partial charge in [0.1, 0.15) is 5.69 Å². The number of nitrogens with zero attached hydrogens (tertiary/aromatic N) is 3. The van der Waals surface area contributed by atoms with Crippen LogP contribution >= 0.6 is 11.6 Å². The van der Waals surface area contributed by atoms with Crippen molar-refractivity contribution >= 4 is 28.3 Å². The highest BCUT2D eigenvalue weighted by Gasteiger charge is 2.30. The summed E-state index contributed by atoms with van der Waals surface area (Å²) in [6.07, 6.45) is 2.65. The predicted octanol–water partition coefficient (Wildman–Crippen LogP) is 5.03. The molecule has 2 atom stereocenters. The monoisotopic (exact) mass is 436 g/mol. The summed E-state index contributed by atoms with van der Waals surface area (Å²) >= 11 is 6.05. The lowest BCUT2D eigenvalue weighted by Crippen LogP contribution is -2.49. The van der Waals surface area contributed by atoms with Gasteiger partial charge in [0.15, 0.2) is 0 Å². The van der Waals surface area contributed by atoms with Crippen LogP contribution in [0.4, 0.5) is 0 Å². The van der Waals surface area contributed by atoms with Crippen LogP contribution in [0.1, 0.15) is 44.7 Å². The fourth-order valence-electron chi connectivity index (χ4n) is 4.33. The molecule has 31 heavy (non-hydrogen) atoms. The molecule has 0 spiro atoms. The Labute approximate surface area is 188 Å². The van der Waals surface area contributed by atoms with E-state index in [0.29, 0.717) is 18.1 Å². The summed E-state index contributed by atoms with van der Waals surface area (Å²) < 4.78 is 0. The number of benzene rings is 2. The van der Waals surface area contributed by atoms with Gasteiger partial charge < -0.3 is 10.6 Å². The molecular weight excluding hydrogens is 408 g/mol. The third-order valence-electron chi connectivity index (χ3n) is 6.57. The number of amides is 1. The van der Waals surface area contributed by atoms with Gasteiger partial charge in [-0.25, -0.2) is 0 Å². The van der Waals surface area contributed by atoms with Crippen molar-refractivity contribution in [2.75, 3.05) is 13.1 Å². The van der Waals surface area contributed by atoms with Crippen LogP contribution < -0.4 is 5.73 Å². The molecule has 0 unspecified atom stereocenters. The molecule has 0 aliphatic carbocycles. The Morgan fingerprint density at radius 2 is 1.74 bits per heavy atom. The van der Waals surface area contributed by atoms with Gasteiger partial charge in [-0.15, -0.1) is 5.10 Å². The van der Waals surface area contributed by atoms with E-state index < -0.39 is 6.04 Å². The molecule has 0 bridgehead atoms. The summed E-state index contributed by atoms with van der Waals surface area (Å²) in [7, 11) is 0. The molecule has 6 heteroatoms. The predicted molar refractivity (Wildman–Crippen MR) is 126 cm³/mol. The molecule has 1 aliphatic rings. The van der Waals surface area contributed by atoms with Gasteiger partial charge in [-0.1, -0.05) is 68.3 Å². The Kier molecular flexibility index (Phi) is 6.54. The minimum atomic E-state index is -0.416. The van der Waals surface area contributed by atoms with Crippen LogP contribution in [-0.2, 0) is 4.79 Å². The standard InChI is InChI=1S/C25H29ClN4O/c1-3-16(2)22(27)25(31)30-14-12-18(13-15-30)24-21-7-5-4-6-20(21)23(28-29-24)17-8-10-19(26)11-9-17/h4-11,16,18,22H,3,12-15,27H2,1-2H3/t16-,22-/m0/s1. The Morgan fingerprint density at radius 3 is 2.39 bits per heavy atom. The second-order valence-corrected chi connectivity index (χ2v) is 8.93. The molecule has 2 aromatic carbocycles. The van der Waals surface area contributed by atoms with Crippen molar-refractivity contribution in [3.63, 3.8) is 0 Å². The number of hydrogen-bond donors (Lipinski definition) is 1. The lowest BCUT2D eigenvalue weighted by molar-refractivity contribution is -0.134. The van der Waals surface area contributed by atoms with Crippen molar-refractivity contribution in [3.05, 3.63) is 59.2 Å². The van der Waals surface area contributed by atoms with E-state index in [2.05, 4.69) is 29.3 Å². The summed E-state index contributed by atoms with van der Waals surface area (Å²) in [5, 5.41) is 12.2. The number of fused-ring (bicyclic) bond motifs is 1. The van der Waals surface area contributed by atoms with Gasteiger partial charge in [0, 0.05) is 40.4 Å². The first kappa shape index (κ1) is 21.7. The highest BCUT2D eigenvalue weighted by Crippen LogP contribution is 2.35. The molecule has 5 nitrogen and oxygen atoms in total. The lowest BCUT2D eigenvalue weighted by atomic mass is 9.89. The molecule has 0 saturated carbocycles. The van der Waals surface area contributed by atoms with Crippen molar-refractivity contribution < 1.29 is 4.79 Å². The second kappa shape index (κ2) is 9.33. The van der Waals surface area contributed by atoms with E-state index in [1.54, 1.807) is 0 Å². The Bertz CT molecular complexity index is 1060. The van der Waals surface area contributed by atoms with Crippen molar-refractivity contribution in [2.45, 2.75) is 45.1 Å². The number of carbonyl (C=O) groups excluding carboxylic acids is 1. The smallest absolute Gasteiger partial charge is 0.239 e. The van der Waals surface area contributed by atoms with Gasteiger partial charge in [-0.05, 0) is 30.9 Å². The summed E-state index contributed by atoms with van der Waals surface area (Å²) in [6, 6.07) is 15.6. The zero-order chi connectivity index (χ0) is 22.0. The minimum absolute atomic E-state index is 0.0711. The van der Waals surface area contributed by atoms with Crippen molar-refractivity contribution in [1.82, 2.24) is 15.1 Å². The van der Waals surface area contributed by atoms with Crippen LogP contribution in [0, 0.1) is 5.92 Å². The molecule has 2 heterocycles. The summed E-state index contributed by atoms with van der Waals surface area (Å²) in [5.74, 6) is 0.544. The van der Waals surface area contributed by atoms with Crippen molar-refractivity contribution in [2.24, 2.45) is 11.7 Å². The number of piperidine rings is 1. The maximum absolute atomic E-state index is 12.7. The molecule has 1 aliphatic heterocycles. The normalized spacial score (nSPS) is 17.0.